The van der Waals surface area contributed by atoms with E-state index in [2.05, 4.69) is 0 Å². The monoisotopic (exact) mass is 642 g/mol. The summed E-state index contributed by atoms with van der Waals surface area (Å²) in [6, 6.07) is 20.4. The van der Waals surface area contributed by atoms with Crippen LogP contribution in [0.15, 0.2) is 107 Å². The fourth-order valence-corrected chi connectivity index (χ4v) is 5.20. The Morgan fingerprint density at radius 1 is 0.500 bits per heavy atom. The molecule has 44 heavy (non-hydrogen) atoms. The lowest BCUT2D eigenvalue weighted by Crippen LogP contribution is -2.14. The van der Waals surface area contributed by atoms with Crippen LogP contribution in [0, 0.1) is 0 Å². The first-order chi connectivity index (χ1) is 20.6. The van der Waals surface area contributed by atoms with Gasteiger partial charge in [-0.15, -0.1) is 0 Å². The van der Waals surface area contributed by atoms with E-state index < -0.39 is 60.8 Å². The van der Waals surface area contributed by atoms with Crippen molar-refractivity contribution in [3.63, 3.8) is 0 Å². The van der Waals surface area contributed by atoms with E-state index in [-0.39, 0.29) is 22.6 Å². The Kier molecular flexibility index (Phi) is 11.0. The van der Waals surface area contributed by atoms with Gasteiger partial charge in [0.1, 0.15) is 11.5 Å². The van der Waals surface area contributed by atoms with Gasteiger partial charge in [0.15, 0.2) is 0 Å². The Morgan fingerprint density at radius 2 is 0.795 bits per heavy atom. The summed E-state index contributed by atoms with van der Waals surface area (Å²) >= 11 is 0. The summed E-state index contributed by atoms with van der Waals surface area (Å²) < 4.78 is 45.7. The third kappa shape index (κ3) is 8.49. The lowest BCUT2D eigenvalue weighted by molar-refractivity contribution is 0.0610. The van der Waals surface area contributed by atoms with Crippen LogP contribution in [-0.4, -0.2) is 33.7 Å². The minimum atomic E-state index is -4.93. The highest BCUT2D eigenvalue weighted by Crippen LogP contribution is 2.54. The van der Waals surface area contributed by atoms with Gasteiger partial charge in [-0.25, -0.2) is 28.3 Å². The topological polar surface area (TPSA) is 180 Å². The quantitative estimate of drug-likeness (QED) is 0.138. The molecule has 0 bridgehead atoms. The summed E-state index contributed by atoms with van der Waals surface area (Å²) in [7, 11) is -9.85. The van der Waals surface area contributed by atoms with Gasteiger partial charge in [-0.2, -0.15) is 0 Å². The van der Waals surface area contributed by atoms with E-state index in [4.69, 9.17) is 18.5 Å². The van der Waals surface area contributed by atoms with Gasteiger partial charge in [0, 0.05) is 0 Å². The zero-order valence-corrected chi connectivity index (χ0v) is 25.7. The molecule has 0 aliphatic rings. The second kappa shape index (κ2) is 14.2. The Labute approximate surface area is 252 Å². The number of hydrogen-bond acceptors (Lipinski definition) is 10. The lowest BCUT2D eigenvalue weighted by atomic mass is 10.1. The fourth-order valence-electron chi connectivity index (χ4n) is 3.39. The number of ether oxygens (including phenoxy) is 2. The SMILES string of the molecule is CC(OC(=O)c1ccccc1)=C(C)P(=O)(O)OC(=O)c1ccccc1C(=O)OP(=O)(O)C(C)=C(C)OC(=O)c1ccccc1. The van der Waals surface area contributed by atoms with E-state index in [1.807, 2.05) is 0 Å². The number of esters is 2. The first-order valence-electron chi connectivity index (χ1n) is 12.8. The van der Waals surface area contributed by atoms with Crippen molar-refractivity contribution in [2.75, 3.05) is 0 Å². The molecule has 0 saturated carbocycles. The molecule has 0 aliphatic carbocycles. The molecule has 14 heteroatoms. The Balaban J connectivity index is 1.77. The molecule has 230 valence electrons. The van der Waals surface area contributed by atoms with Crippen molar-refractivity contribution >= 4 is 39.1 Å². The highest BCUT2D eigenvalue weighted by molar-refractivity contribution is 7.58. The molecular formula is C30H28O12P2. The molecule has 2 N–H and O–H groups in total. The normalized spacial score (nSPS) is 14.9. The van der Waals surface area contributed by atoms with Crippen LogP contribution in [0.25, 0.3) is 0 Å². The van der Waals surface area contributed by atoms with Crippen LogP contribution < -0.4 is 0 Å². The standard InChI is InChI=1S/C30H28O12P2/c1-19(39-27(31)23-13-7-5-8-14-23)21(3)43(35,36)41-29(33)25-17-11-12-18-26(25)30(34)42-44(37,38)22(4)20(2)40-28(32)24-15-9-6-10-16-24/h5-18H,1-4H3,(H,35,36)(H,37,38). The van der Waals surface area contributed by atoms with Crippen molar-refractivity contribution in [1.29, 1.82) is 0 Å². The van der Waals surface area contributed by atoms with Gasteiger partial charge in [-0.05, 0) is 64.1 Å². The van der Waals surface area contributed by atoms with E-state index >= 15 is 0 Å². The van der Waals surface area contributed by atoms with Crippen molar-refractivity contribution in [1.82, 2.24) is 0 Å². The summed E-state index contributed by atoms with van der Waals surface area (Å²) in [6.07, 6.45) is 0. The van der Waals surface area contributed by atoms with Crippen LogP contribution in [0.4, 0.5) is 0 Å². The number of allylic oxidation sites excluding steroid dienone is 4. The van der Waals surface area contributed by atoms with Crippen LogP contribution in [0.1, 0.15) is 69.1 Å². The minimum Gasteiger partial charge on any atom is -0.427 e. The molecule has 0 aromatic heterocycles. The third-order valence-corrected chi connectivity index (χ3v) is 9.31. The number of carbonyl (C=O) groups is 4. The molecule has 3 aromatic carbocycles. The first-order valence-corrected chi connectivity index (χ1v) is 15.9. The van der Waals surface area contributed by atoms with Gasteiger partial charge in [-0.1, -0.05) is 48.5 Å². The molecule has 0 amide bonds. The van der Waals surface area contributed by atoms with E-state index in [0.717, 1.165) is 26.0 Å². The zero-order valence-electron chi connectivity index (χ0n) is 24.0. The highest BCUT2D eigenvalue weighted by atomic mass is 31.2. The van der Waals surface area contributed by atoms with Gasteiger partial charge in [0.25, 0.3) is 0 Å². The van der Waals surface area contributed by atoms with Gasteiger partial charge in [0.05, 0.1) is 32.9 Å². The number of carbonyl (C=O) groups excluding carboxylic acids is 4. The molecule has 0 fully saturated rings. The second-order valence-electron chi connectivity index (χ2n) is 9.14. The van der Waals surface area contributed by atoms with E-state index in [1.165, 1.54) is 50.2 Å². The number of hydrogen-bond donors (Lipinski definition) is 2. The van der Waals surface area contributed by atoms with Gasteiger partial charge < -0.3 is 28.3 Å². The van der Waals surface area contributed by atoms with Crippen molar-refractivity contribution in [2.24, 2.45) is 0 Å². The summed E-state index contributed by atoms with van der Waals surface area (Å²) in [5.41, 5.74) is -0.778. The Hall–Kier alpha value is -4.60. The number of benzene rings is 3. The molecule has 0 saturated heterocycles. The third-order valence-electron chi connectivity index (χ3n) is 6.16. The molecule has 3 aromatic rings. The maximum Gasteiger partial charge on any atom is 0.409 e. The smallest absolute Gasteiger partial charge is 0.409 e. The molecule has 3 rings (SSSR count). The highest BCUT2D eigenvalue weighted by Gasteiger charge is 2.35. The van der Waals surface area contributed by atoms with E-state index in [9.17, 15) is 38.1 Å². The minimum absolute atomic E-state index is 0.174. The van der Waals surface area contributed by atoms with Gasteiger partial charge >= 0.3 is 39.1 Å². The summed E-state index contributed by atoms with van der Waals surface area (Å²) in [6.45, 7) is 4.69. The molecule has 12 nitrogen and oxygen atoms in total. The van der Waals surface area contributed by atoms with Gasteiger partial charge in [-0.3, -0.25) is 0 Å². The van der Waals surface area contributed by atoms with Crippen molar-refractivity contribution in [3.8, 4) is 0 Å². The zero-order chi connectivity index (χ0) is 32.7. The van der Waals surface area contributed by atoms with Crippen molar-refractivity contribution in [3.05, 3.63) is 129 Å². The largest absolute Gasteiger partial charge is 0.427 e. The van der Waals surface area contributed by atoms with Crippen molar-refractivity contribution < 1.29 is 56.6 Å². The summed E-state index contributed by atoms with van der Waals surface area (Å²) in [4.78, 5) is 71.5. The average Bonchev–Trinajstić information content (AvgIpc) is 3.00. The molecule has 2 unspecified atom stereocenters. The molecular weight excluding hydrogens is 614 g/mol. The summed E-state index contributed by atoms with van der Waals surface area (Å²) in [5.74, 6) is -5.11. The van der Waals surface area contributed by atoms with E-state index in [0.29, 0.717) is 0 Å². The van der Waals surface area contributed by atoms with Gasteiger partial charge in [0.2, 0.25) is 0 Å². The van der Waals surface area contributed by atoms with Crippen LogP contribution in [0.5, 0.6) is 0 Å². The lowest BCUT2D eigenvalue weighted by Gasteiger charge is -2.17. The van der Waals surface area contributed by atoms with Crippen LogP contribution >= 0.6 is 15.2 Å². The molecule has 0 spiro atoms. The Morgan fingerprint density at radius 3 is 1.11 bits per heavy atom. The molecule has 0 heterocycles. The first kappa shape index (κ1) is 33.9. The maximum atomic E-state index is 12.9. The average molecular weight is 642 g/mol. The van der Waals surface area contributed by atoms with Crippen LogP contribution in [0.3, 0.4) is 0 Å². The predicted molar refractivity (Wildman–Crippen MR) is 157 cm³/mol. The Bertz CT molecular complexity index is 1620. The van der Waals surface area contributed by atoms with Crippen molar-refractivity contribution in [2.45, 2.75) is 27.7 Å². The number of rotatable bonds is 10. The van der Waals surface area contributed by atoms with Crippen LogP contribution in [-0.2, 0) is 27.7 Å². The fraction of sp³-hybridized carbons (Fsp3) is 0.133. The molecule has 0 aliphatic heterocycles. The summed E-state index contributed by atoms with van der Waals surface area (Å²) in [5, 5.41) is -0.923. The molecule has 0 radical (unpaired) electrons. The maximum absolute atomic E-state index is 12.9. The van der Waals surface area contributed by atoms with E-state index in [1.54, 1.807) is 36.4 Å². The predicted octanol–water partition coefficient (Wildman–Crippen LogP) is 6.59. The van der Waals surface area contributed by atoms with Crippen LogP contribution in [0.2, 0.25) is 0 Å². The second-order valence-corrected chi connectivity index (χ2v) is 12.9. The molecule has 2 atom stereocenters.